The second-order valence-electron chi connectivity index (χ2n) is 10.5. The summed E-state index contributed by atoms with van der Waals surface area (Å²) in [5.74, 6) is 0.157. The summed E-state index contributed by atoms with van der Waals surface area (Å²) in [4.78, 5) is 24.4. The van der Waals surface area contributed by atoms with Crippen molar-refractivity contribution < 1.29 is 9.21 Å². The van der Waals surface area contributed by atoms with E-state index in [-0.39, 0.29) is 11.8 Å². The van der Waals surface area contributed by atoms with Gasteiger partial charge in [0.1, 0.15) is 0 Å². The molecule has 1 aliphatic heterocycles. The van der Waals surface area contributed by atoms with E-state index in [1.165, 1.54) is 0 Å². The van der Waals surface area contributed by atoms with Gasteiger partial charge in [-0.3, -0.25) is 14.7 Å². The van der Waals surface area contributed by atoms with Crippen LogP contribution in [0, 0.1) is 13.8 Å². The minimum absolute atomic E-state index is 0.0301. The number of pyridine rings is 1. The van der Waals surface area contributed by atoms with Crippen LogP contribution in [0.3, 0.4) is 0 Å². The Morgan fingerprint density at radius 2 is 1.74 bits per heavy atom. The van der Waals surface area contributed by atoms with Crippen LogP contribution in [0.4, 0.5) is 5.69 Å². The molecule has 2 aromatic heterocycles. The average Bonchev–Trinajstić information content (AvgIpc) is 3.41. The van der Waals surface area contributed by atoms with Gasteiger partial charge in [-0.2, -0.15) is 0 Å². The molecule has 0 bridgehead atoms. The Morgan fingerprint density at radius 1 is 1.00 bits per heavy atom. The van der Waals surface area contributed by atoms with Gasteiger partial charge < -0.3 is 14.2 Å². The second-order valence-corrected chi connectivity index (χ2v) is 11.4. The monoisotopic (exact) mass is 564 g/mol. The van der Waals surface area contributed by atoms with Crippen molar-refractivity contribution in [1.82, 2.24) is 14.8 Å². The van der Waals surface area contributed by atoms with Crippen LogP contribution in [-0.2, 0) is 0 Å². The van der Waals surface area contributed by atoms with Gasteiger partial charge in [0.2, 0.25) is 0 Å². The summed E-state index contributed by atoms with van der Waals surface area (Å²) in [6, 6.07) is 13.8. The van der Waals surface area contributed by atoms with Crippen molar-refractivity contribution in [2.24, 2.45) is 0 Å². The standard InChI is InChI=1S/C31H34Cl2N4O2/c1-21-14-22(2)16-25(15-21)31(38)35(3)20-24(23-4-5-27(32)28(33)17-23)6-8-36-9-11-37(12-10-36)29-18-34-19-30-26(29)7-13-39-30/h4-5,7,13-19,24H,6,8-12,20H2,1-3H3/t24-/m1/s1. The van der Waals surface area contributed by atoms with E-state index in [4.69, 9.17) is 27.6 Å². The third-order valence-electron chi connectivity index (χ3n) is 7.59. The van der Waals surface area contributed by atoms with Crippen molar-refractivity contribution in [2.45, 2.75) is 26.2 Å². The number of furan rings is 1. The predicted molar refractivity (Wildman–Crippen MR) is 159 cm³/mol. The van der Waals surface area contributed by atoms with E-state index >= 15 is 0 Å². The molecule has 3 heterocycles. The number of hydrogen-bond donors (Lipinski definition) is 0. The molecule has 4 aromatic rings. The molecule has 0 aliphatic carbocycles. The Morgan fingerprint density at radius 3 is 2.46 bits per heavy atom. The highest BCUT2D eigenvalue weighted by molar-refractivity contribution is 6.42. The zero-order valence-corrected chi connectivity index (χ0v) is 24.2. The molecular formula is C31H34Cl2N4O2. The first kappa shape index (κ1) is 27.5. The summed E-state index contributed by atoms with van der Waals surface area (Å²) >= 11 is 12.6. The molecule has 1 amide bonds. The number of amides is 1. The molecule has 0 saturated carbocycles. The SMILES string of the molecule is Cc1cc(C)cc(C(=O)N(C)C[C@@H](CCN2CCN(c3cncc4occc34)CC2)c2ccc(Cl)c(Cl)c2)c1. The van der Waals surface area contributed by atoms with Gasteiger partial charge in [0.15, 0.2) is 5.58 Å². The third kappa shape index (κ3) is 6.40. The first-order chi connectivity index (χ1) is 18.8. The topological polar surface area (TPSA) is 52.8 Å². The molecule has 204 valence electrons. The maximum Gasteiger partial charge on any atom is 0.253 e. The summed E-state index contributed by atoms with van der Waals surface area (Å²) < 4.78 is 5.54. The molecule has 1 saturated heterocycles. The van der Waals surface area contributed by atoms with E-state index in [9.17, 15) is 4.79 Å². The molecule has 1 atom stereocenters. The number of nitrogens with zero attached hydrogens (tertiary/aromatic N) is 4. The van der Waals surface area contributed by atoms with Crippen molar-refractivity contribution in [3.8, 4) is 0 Å². The lowest BCUT2D eigenvalue weighted by atomic mass is 9.94. The van der Waals surface area contributed by atoms with E-state index < -0.39 is 0 Å². The van der Waals surface area contributed by atoms with Crippen LogP contribution in [0.5, 0.6) is 0 Å². The number of carbonyl (C=O) groups is 1. The van der Waals surface area contributed by atoms with Gasteiger partial charge in [0, 0.05) is 56.6 Å². The van der Waals surface area contributed by atoms with Crippen molar-refractivity contribution >= 4 is 45.8 Å². The summed E-state index contributed by atoms with van der Waals surface area (Å²) in [7, 11) is 1.88. The number of likely N-dealkylation sites (N-methyl/N-ethyl adjacent to an activating group) is 1. The smallest absolute Gasteiger partial charge is 0.253 e. The average molecular weight is 566 g/mol. The molecule has 1 aliphatic rings. The third-order valence-corrected chi connectivity index (χ3v) is 8.33. The maximum absolute atomic E-state index is 13.3. The lowest BCUT2D eigenvalue weighted by Crippen LogP contribution is -2.47. The fraction of sp³-hybridized carbons (Fsp3) is 0.355. The summed E-state index contributed by atoms with van der Waals surface area (Å²) in [5.41, 5.74) is 5.94. The zero-order valence-electron chi connectivity index (χ0n) is 22.7. The number of anilines is 1. The van der Waals surface area contributed by atoms with E-state index in [0.717, 1.165) is 78.1 Å². The van der Waals surface area contributed by atoms with Crippen LogP contribution in [0.2, 0.25) is 10.0 Å². The number of rotatable bonds is 8. The number of fused-ring (bicyclic) bond motifs is 1. The largest absolute Gasteiger partial charge is 0.463 e. The molecule has 0 spiro atoms. The molecule has 2 aromatic carbocycles. The van der Waals surface area contributed by atoms with Crippen molar-refractivity contribution in [1.29, 1.82) is 0 Å². The van der Waals surface area contributed by atoms with E-state index in [0.29, 0.717) is 16.6 Å². The number of piperazine rings is 1. The zero-order chi connectivity index (χ0) is 27.5. The Balaban J connectivity index is 1.25. The maximum atomic E-state index is 13.3. The molecule has 1 fully saturated rings. The highest BCUT2D eigenvalue weighted by Gasteiger charge is 2.23. The fourth-order valence-corrected chi connectivity index (χ4v) is 5.85. The summed E-state index contributed by atoms with van der Waals surface area (Å²) in [6.45, 7) is 9.33. The summed E-state index contributed by atoms with van der Waals surface area (Å²) in [6.07, 6.45) is 6.31. The van der Waals surface area contributed by atoms with Crippen LogP contribution in [0.1, 0.15) is 39.4 Å². The Labute approximate surface area is 240 Å². The minimum atomic E-state index is 0.0301. The molecule has 0 unspecified atom stereocenters. The number of hydrogen-bond acceptors (Lipinski definition) is 5. The van der Waals surface area contributed by atoms with E-state index in [1.807, 2.05) is 68.4 Å². The fourth-order valence-electron chi connectivity index (χ4n) is 5.54. The van der Waals surface area contributed by atoms with Gasteiger partial charge >= 0.3 is 0 Å². The van der Waals surface area contributed by atoms with Crippen LogP contribution in [0.25, 0.3) is 11.0 Å². The van der Waals surface area contributed by atoms with Crippen LogP contribution < -0.4 is 4.90 Å². The number of benzene rings is 2. The Kier molecular flexibility index (Phi) is 8.46. The molecular weight excluding hydrogens is 531 g/mol. The van der Waals surface area contributed by atoms with Gasteiger partial charge in [0.05, 0.1) is 34.4 Å². The van der Waals surface area contributed by atoms with Gasteiger partial charge in [-0.25, -0.2) is 0 Å². The molecule has 8 heteroatoms. The highest BCUT2D eigenvalue weighted by Crippen LogP contribution is 2.30. The molecule has 0 radical (unpaired) electrons. The Bertz CT molecular complexity index is 1440. The van der Waals surface area contributed by atoms with Gasteiger partial charge in [-0.05, 0) is 62.7 Å². The van der Waals surface area contributed by atoms with Crippen molar-refractivity contribution in [3.63, 3.8) is 0 Å². The molecule has 6 nitrogen and oxygen atoms in total. The highest BCUT2D eigenvalue weighted by atomic mass is 35.5. The quantitative estimate of drug-likeness (QED) is 0.235. The second kappa shape index (κ2) is 12.0. The predicted octanol–water partition coefficient (Wildman–Crippen LogP) is 6.82. The normalized spacial score (nSPS) is 15.1. The lowest BCUT2D eigenvalue weighted by molar-refractivity contribution is 0.0782. The number of carbonyl (C=O) groups excluding carboxylic acids is 1. The van der Waals surface area contributed by atoms with Gasteiger partial charge in [-0.1, -0.05) is 46.5 Å². The van der Waals surface area contributed by atoms with E-state index in [2.05, 4.69) is 20.9 Å². The minimum Gasteiger partial charge on any atom is -0.463 e. The first-order valence-corrected chi connectivity index (χ1v) is 14.1. The molecule has 5 rings (SSSR count). The van der Waals surface area contributed by atoms with Crippen molar-refractivity contribution in [2.75, 3.05) is 51.2 Å². The van der Waals surface area contributed by atoms with Crippen molar-refractivity contribution in [3.05, 3.63) is 93.4 Å². The van der Waals surface area contributed by atoms with Gasteiger partial charge in [-0.15, -0.1) is 0 Å². The van der Waals surface area contributed by atoms with E-state index in [1.54, 1.807) is 12.5 Å². The Hall–Kier alpha value is -3.06. The van der Waals surface area contributed by atoms with Crippen LogP contribution in [0.15, 0.2) is 65.5 Å². The number of aryl methyl sites for hydroxylation is 2. The van der Waals surface area contributed by atoms with Gasteiger partial charge in [0.25, 0.3) is 5.91 Å². The number of aromatic nitrogens is 1. The first-order valence-electron chi connectivity index (χ1n) is 13.4. The lowest BCUT2D eigenvalue weighted by Gasteiger charge is -2.37. The van der Waals surface area contributed by atoms with Crippen LogP contribution >= 0.6 is 23.2 Å². The molecule has 0 N–H and O–H groups in total. The molecule has 39 heavy (non-hydrogen) atoms. The van der Waals surface area contributed by atoms with Crippen LogP contribution in [-0.4, -0.2) is 67.0 Å². The summed E-state index contributed by atoms with van der Waals surface area (Å²) in [5, 5.41) is 2.19. The number of halogens is 2.